The molecular formula is C10H16N4. The molecule has 2 atom stereocenters. The van der Waals surface area contributed by atoms with Gasteiger partial charge in [-0.25, -0.2) is 5.43 Å². The third-order valence-electron chi connectivity index (χ3n) is 2.64. The van der Waals surface area contributed by atoms with Crippen molar-refractivity contribution in [1.29, 1.82) is 0 Å². The first-order valence-electron chi connectivity index (χ1n) is 5.01. The van der Waals surface area contributed by atoms with Gasteiger partial charge in [-0.2, -0.15) is 0 Å². The van der Waals surface area contributed by atoms with E-state index in [4.69, 9.17) is 5.73 Å². The summed E-state index contributed by atoms with van der Waals surface area (Å²) in [6, 6.07) is 6.31. The van der Waals surface area contributed by atoms with E-state index in [-0.39, 0.29) is 0 Å². The number of hydrogen-bond acceptors (Lipinski definition) is 4. The van der Waals surface area contributed by atoms with E-state index in [1.807, 2.05) is 24.4 Å². The summed E-state index contributed by atoms with van der Waals surface area (Å²) in [5.41, 5.74) is 13.1. The lowest BCUT2D eigenvalue weighted by atomic mass is 9.95. The molecule has 1 aromatic heterocycles. The molecule has 1 fully saturated rings. The smallest absolute Gasteiger partial charge is 0.0675 e. The van der Waals surface area contributed by atoms with E-state index in [2.05, 4.69) is 15.8 Å². The Morgan fingerprint density at radius 3 is 3.14 bits per heavy atom. The van der Waals surface area contributed by atoms with Gasteiger partial charge in [0, 0.05) is 12.7 Å². The molecule has 4 heteroatoms. The lowest BCUT2D eigenvalue weighted by Gasteiger charge is -2.16. The molecule has 14 heavy (non-hydrogen) atoms. The van der Waals surface area contributed by atoms with Crippen molar-refractivity contribution >= 4 is 0 Å². The highest BCUT2D eigenvalue weighted by atomic mass is 15.4. The van der Waals surface area contributed by atoms with Gasteiger partial charge in [-0.3, -0.25) is 10.4 Å². The van der Waals surface area contributed by atoms with Crippen molar-refractivity contribution in [3.05, 3.63) is 30.1 Å². The Morgan fingerprint density at radius 1 is 1.50 bits per heavy atom. The van der Waals surface area contributed by atoms with Gasteiger partial charge in [0.05, 0.1) is 11.7 Å². The molecule has 2 rings (SSSR count). The Morgan fingerprint density at radius 2 is 2.43 bits per heavy atom. The Kier molecular flexibility index (Phi) is 3.08. The highest BCUT2D eigenvalue weighted by Crippen LogP contribution is 2.24. The van der Waals surface area contributed by atoms with E-state index >= 15 is 0 Å². The van der Waals surface area contributed by atoms with Crippen LogP contribution in [-0.2, 0) is 0 Å². The minimum Gasteiger partial charge on any atom is -0.330 e. The van der Waals surface area contributed by atoms with Crippen LogP contribution in [0.2, 0.25) is 0 Å². The molecule has 0 amide bonds. The van der Waals surface area contributed by atoms with Crippen LogP contribution in [0.25, 0.3) is 0 Å². The van der Waals surface area contributed by atoms with Crippen LogP contribution in [0.5, 0.6) is 0 Å². The summed E-state index contributed by atoms with van der Waals surface area (Å²) in [7, 11) is 0. The molecule has 2 heterocycles. The number of nitrogens with two attached hydrogens (primary N) is 1. The van der Waals surface area contributed by atoms with Crippen LogP contribution in [0.4, 0.5) is 0 Å². The fourth-order valence-electron chi connectivity index (χ4n) is 1.89. The first-order valence-corrected chi connectivity index (χ1v) is 5.01. The van der Waals surface area contributed by atoms with Crippen molar-refractivity contribution in [2.75, 3.05) is 13.1 Å². The van der Waals surface area contributed by atoms with E-state index in [1.165, 1.54) is 0 Å². The summed E-state index contributed by atoms with van der Waals surface area (Å²) in [6.45, 7) is 1.70. The molecule has 0 radical (unpaired) electrons. The zero-order chi connectivity index (χ0) is 9.80. The van der Waals surface area contributed by atoms with Crippen molar-refractivity contribution in [2.45, 2.75) is 12.5 Å². The van der Waals surface area contributed by atoms with E-state index < -0.39 is 0 Å². The fourth-order valence-corrected chi connectivity index (χ4v) is 1.89. The van der Waals surface area contributed by atoms with Gasteiger partial charge >= 0.3 is 0 Å². The zero-order valence-electron chi connectivity index (χ0n) is 8.11. The highest BCUT2D eigenvalue weighted by molar-refractivity contribution is 5.11. The van der Waals surface area contributed by atoms with Crippen LogP contribution in [0.1, 0.15) is 18.2 Å². The van der Waals surface area contributed by atoms with Gasteiger partial charge < -0.3 is 5.73 Å². The van der Waals surface area contributed by atoms with Gasteiger partial charge in [0.15, 0.2) is 0 Å². The average Bonchev–Trinajstić information content (AvgIpc) is 2.68. The predicted molar refractivity (Wildman–Crippen MR) is 55.3 cm³/mol. The molecule has 0 spiro atoms. The molecule has 0 bridgehead atoms. The lowest BCUT2D eigenvalue weighted by Crippen LogP contribution is -2.25. The van der Waals surface area contributed by atoms with Crippen LogP contribution in [0, 0.1) is 5.92 Å². The number of aromatic nitrogens is 1. The van der Waals surface area contributed by atoms with Gasteiger partial charge in [0.25, 0.3) is 0 Å². The van der Waals surface area contributed by atoms with Gasteiger partial charge in [-0.15, -0.1) is 0 Å². The van der Waals surface area contributed by atoms with Crippen molar-refractivity contribution in [3.63, 3.8) is 0 Å². The second kappa shape index (κ2) is 4.50. The summed E-state index contributed by atoms with van der Waals surface area (Å²) in [5.74, 6) is 0.551. The topological polar surface area (TPSA) is 63.0 Å². The molecular weight excluding hydrogens is 176 g/mol. The molecule has 1 aromatic rings. The SMILES string of the molecule is NCCC1CNNC1c1ccccn1. The van der Waals surface area contributed by atoms with Crippen LogP contribution in [0.3, 0.4) is 0 Å². The molecule has 0 saturated carbocycles. The monoisotopic (exact) mass is 192 g/mol. The number of nitrogens with one attached hydrogen (secondary N) is 2. The van der Waals surface area contributed by atoms with Gasteiger partial charge in [0.2, 0.25) is 0 Å². The molecule has 1 aliphatic heterocycles. The largest absolute Gasteiger partial charge is 0.330 e. The maximum atomic E-state index is 5.57. The van der Waals surface area contributed by atoms with Crippen LogP contribution in [-0.4, -0.2) is 18.1 Å². The molecule has 0 aromatic carbocycles. The molecule has 4 nitrogen and oxygen atoms in total. The normalized spacial score (nSPS) is 26.6. The summed E-state index contributed by atoms with van der Waals surface area (Å²) >= 11 is 0. The van der Waals surface area contributed by atoms with Crippen LogP contribution < -0.4 is 16.6 Å². The quantitative estimate of drug-likeness (QED) is 0.640. The molecule has 4 N–H and O–H groups in total. The molecule has 1 saturated heterocycles. The number of hydrogen-bond donors (Lipinski definition) is 3. The second-order valence-corrected chi connectivity index (χ2v) is 3.59. The maximum absolute atomic E-state index is 5.57. The lowest BCUT2D eigenvalue weighted by molar-refractivity contribution is 0.443. The summed E-state index contributed by atoms with van der Waals surface area (Å²) in [5, 5.41) is 0. The Bertz CT molecular complexity index is 275. The van der Waals surface area contributed by atoms with Gasteiger partial charge in [-0.05, 0) is 31.0 Å². The molecule has 2 unspecified atom stereocenters. The first-order chi connectivity index (χ1) is 6.92. The number of hydrazine groups is 1. The van der Waals surface area contributed by atoms with E-state index in [0.29, 0.717) is 12.0 Å². The van der Waals surface area contributed by atoms with Crippen molar-refractivity contribution in [1.82, 2.24) is 15.8 Å². The van der Waals surface area contributed by atoms with Crippen molar-refractivity contribution < 1.29 is 0 Å². The highest BCUT2D eigenvalue weighted by Gasteiger charge is 2.27. The zero-order valence-corrected chi connectivity index (χ0v) is 8.11. The van der Waals surface area contributed by atoms with Crippen molar-refractivity contribution in [3.8, 4) is 0 Å². The summed E-state index contributed by atoms with van der Waals surface area (Å²) in [4.78, 5) is 4.35. The van der Waals surface area contributed by atoms with Crippen molar-refractivity contribution in [2.24, 2.45) is 11.7 Å². The summed E-state index contributed by atoms with van der Waals surface area (Å²) in [6.07, 6.45) is 2.86. The maximum Gasteiger partial charge on any atom is 0.0675 e. The first kappa shape index (κ1) is 9.58. The van der Waals surface area contributed by atoms with E-state index in [0.717, 1.165) is 25.2 Å². The van der Waals surface area contributed by atoms with Gasteiger partial charge in [-0.1, -0.05) is 6.07 Å². The summed E-state index contributed by atoms with van der Waals surface area (Å²) < 4.78 is 0. The molecule has 1 aliphatic rings. The second-order valence-electron chi connectivity index (χ2n) is 3.59. The third kappa shape index (κ3) is 1.92. The van der Waals surface area contributed by atoms with Gasteiger partial charge in [0.1, 0.15) is 0 Å². The van der Waals surface area contributed by atoms with Crippen LogP contribution >= 0.6 is 0 Å². The molecule has 76 valence electrons. The number of pyridine rings is 1. The Hall–Kier alpha value is -0.970. The number of rotatable bonds is 3. The Labute approximate surface area is 83.9 Å². The predicted octanol–water partition coefficient (Wildman–Crippen LogP) is 0.196. The average molecular weight is 192 g/mol. The fraction of sp³-hybridized carbons (Fsp3) is 0.500. The minimum absolute atomic E-state index is 0.305. The third-order valence-corrected chi connectivity index (χ3v) is 2.64. The van der Waals surface area contributed by atoms with Crippen LogP contribution in [0.15, 0.2) is 24.4 Å². The standard InChI is InChI=1S/C10H16N4/c11-5-4-8-7-13-14-10(8)9-3-1-2-6-12-9/h1-3,6,8,10,13-14H,4-5,7,11H2. The molecule has 0 aliphatic carbocycles. The van der Waals surface area contributed by atoms with E-state index in [9.17, 15) is 0 Å². The minimum atomic E-state index is 0.305. The number of nitrogens with zero attached hydrogens (tertiary/aromatic N) is 1. The van der Waals surface area contributed by atoms with E-state index in [1.54, 1.807) is 0 Å². The Balaban J connectivity index is 2.10.